The third-order valence-electron chi connectivity index (χ3n) is 4.74. The maximum atomic E-state index is 4.60. The summed E-state index contributed by atoms with van der Waals surface area (Å²) in [4.78, 5) is 13.8. The highest BCUT2D eigenvalue weighted by atomic mass is 15.3. The van der Waals surface area contributed by atoms with Gasteiger partial charge in [0.15, 0.2) is 0 Å². The SMILES string of the molecule is Cc1cnn(C2CCN(c3ncnc4c3CN(C)CC4)C2)c1. The molecule has 1 saturated heterocycles. The normalized spacial score (nSPS) is 22.1. The molecule has 1 unspecified atom stereocenters. The van der Waals surface area contributed by atoms with Crippen molar-refractivity contribution in [3.8, 4) is 0 Å². The van der Waals surface area contributed by atoms with Gasteiger partial charge in [-0.05, 0) is 26.0 Å². The summed E-state index contributed by atoms with van der Waals surface area (Å²) in [6.07, 6.45) is 7.94. The second-order valence-corrected chi connectivity index (χ2v) is 6.50. The van der Waals surface area contributed by atoms with Crippen molar-refractivity contribution >= 4 is 5.82 Å². The Labute approximate surface area is 130 Å². The fraction of sp³-hybridized carbons (Fsp3) is 0.562. The van der Waals surface area contributed by atoms with E-state index in [0.717, 1.165) is 44.8 Å². The quantitative estimate of drug-likeness (QED) is 0.839. The highest BCUT2D eigenvalue weighted by molar-refractivity contribution is 5.50. The Morgan fingerprint density at radius 2 is 2.14 bits per heavy atom. The number of nitrogens with zero attached hydrogens (tertiary/aromatic N) is 6. The minimum absolute atomic E-state index is 0.445. The lowest BCUT2D eigenvalue weighted by Gasteiger charge is -2.28. The molecule has 0 amide bonds. The standard InChI is InChI=1S/C16H22N6/c1-12-7-19-22(8-12)13-3-6-21(9-13)16-14-10-20(2)5-4-15(14)17-11-18-16/h7-8,11,13H,3-6,9-10H2,1-2H3. The van der Waals surface area contributed by atoms with Gasteiger partial charge in [0.1, 0.15) is 12.1 Å². The Bertz CT molecular complexity index is 679. The average Bonchev–Trinajstić information content (AvgIpc) is 3.15. The van der Waals surface area contributed by atoms with Gasteiger partial charge in [-0.2, -0.15) is 5.10 Å². The fourth-order valence-corrected chi connectivity index (χ4v) is 3.52. The molecule has 0 radical (unpaired) electrons. The summed E-state index contributed by atoms with van der Waals surface area (Å²) in [5, 5.41) is 4.47. The molecule has 22 heavy (non-hydrogen) atoms. The van der Waals surface area contributed by atoms with Crippen molar-refractivity contribution in [3.63, 3.8) is 0 Å². The molecule has 2 aromatic rings. The number of aromatic nitrogens is 4. The van der Waals surface area contributed by atoms with E-state index in [4.69, 9.17) is 0 Å². The maximum absolute atomic E-state index is 4.60. The van der Waals surface area contributed by atoms with Crippen molar-refractivity contribution in [1.29, 1.82) is 0 Å². The molecule has 2 aliphatic heterocycles. The van der Waals surface area contributed by atoms with Crippen molar-refractivity contribution < 1.29 is 0 Å². The fourth-order valence-electron chi connectivity index (χ4n) is 3.52. The van der Waals surface area contributed by atoms with E-state index in [-0.39, 0.29) is 0 Å². The van der Waals surface area contributed by atoms with Crippen LogP contribution in [0.5, 0.6) is 0 Å². The van der Waals surface area contributed by atoms with Crippen LogP contribution in [0.2, 0.25) is 0 Å². The van der Waals surface area contributed by atoms with E-state index in [1.54, 1.807) is 6.33 Å². The number of hydrogen-bond acceptors (Lipinski definition) is 5. The molecule has 0 spiro atoms. The first kappa shape index (κ1) is 13.7. The van der Waals surface area contributed by atoms with Gasteiger partial charge in [-0.15, -0.1) is 0 Å². The van der Waals surface area contributed by atoms with Crippen molar-refractivity contribution in [2.45, 2.75) is 32.4 Å². The van der Waals surface area contributed by atoms with Crippen LogP contribution in [0.25, 0.3) is 0 Å². The third kappa shape index (κ3) is 2.37. The van der Waals surface area contributed by atoms with Crippen molar-refractivity contribution in [2.24, 2.45) is 0 Å². The Kier molecular flexibility index (Phi) is 3.33. The molecule has 1 atom stereocenters. The molecule has 0 N–H and O–H groups in total. The van der Waals surface area contributed by atoms with E-state index < -0.39 is 0 Å². The zero-order valence-corrected chi connectivity index (χ0v) is 13.2. The van der Waals surface area contributed by atoms with Crippen LogP contribution < -0.4 is 4.90 Å². The number of fused-ring (bicyclic) bond motifs is 1. The number of hydrogen-bond donors (Lipinski definition) is 0. The van der Waals surface area contributed by atoms with Gasteiger partial charge in [-0.3, -0.25) is 4.68 Å². The minimum atomic E-state index is 0.445. The monoisotopic (exact) mass is 298 g/mol. The largest absolute Gasteiger partial charge is 0.354 e. The van der Waals surface area contributed by atoms with Gasteiger partial charge in [0.05, 0.1) is 17.9 Å². The molecule has 4 rings (SSSR count). The topological polar surface area (TPSA) is 50.1 Å². The van der Waals surface area contributed by atoms with Crippen molar-refractivity contribution in [1.82, 2.24) is 24.6 Å². The highest BCUT2D eigenvalue weighted by Crippen LogP contribution is 2.30. The summed E-state index contributed by atoms with van der Waals surface area (Å²) in [7, 11) is 2.17. The molecule has 0 saturated carbocycles. The second-order valence-electron chi connectivity index (χ2n) is 6.50. The molecule has 0 aromatic carbocycles. The lowest BCUT2D eigenvalue weighted by molar-refractivity contribution is 0.309. The molecule has 0 bridgehead atoms. The molecule has 6 heteroatoms. The van der Waals surface area contributed by atoms with Crippen LogP contribution in [0, 0.1) is 6.92 Å². The van der Waals surface area contributed by atoms with Gasteiger partial charge >= 0.3 is 0 Å². The smallest absolute Gasteiger partial charge is 0.136 e. The van der Waals surface area contributed by atoms with E-state index in [1.165, 1.54) is 16.8 Å². The summed E-state index contributed by atoms with van der Waals surface area (Å²) in [6.45, 7) is 6.14. The summed E-state index contributed by atoms with van der Waals surface area (Å²) in [5.74, 6) is 1.13. The van der Waals surface area contributed by atoms with E-state index >= 15 is 0 Å². The molecule has 4 heterocycles. The van der Waals surface area contributed by atoms with Crippen molar-refractivity contribution in [2.75, 3.05) is 31.6 Å². The lowest BCUT2D eigenvalue weighted by Crippen LogP contribution is -2.31. The van der Waals surface area contributed by atoms with Gasteiger partial charge in [-0.1, -0.05) is 0 Å². The maximum Gasteiger partial charge on any atom is 0.136 e. The van der Waals surface area contributed by atoms with Crippen LogP contribution in [-0.4, -0.2) is 51.3 Å². The van der Waals surface area contributed by atoms with Gasteiger partial charge in [0.2, 0.25) is 0 Å². The molecular weight excluding hydrogens is 276 g/mol. The summed E-state index contributed by atoms with van der Waals surface area (Å²) in [5.41, 5.74) is 3.76. The Hall–Kier alpha value is -1.95. The number of aryl methyl sites for hydroxylation is 1. The molecule has 116 valence electrons. The van der Waals surface area contributed by atoms with Crippen LogP contribution in [0.1, 0.15) is 29.3 Å². The lowest BCUT2D eigenvalue weighted by atomic mass is 10.1. The van der Waals surface area contributed by atoms with Crippen LogP contribution in [-0.2, 0) is 13.0 Å². The molecular formula is C16H22N6. The Morgan fingerprint density at radius 3 is 2.95 bits per heavy atom. The first-order valence-corrected chi connectivity index (χ1v) is 7.97. The van der Waals surface area contributed by atoms with E-state index in [2.05, 4.69) is 49.7 Å². The minimum Gasteiger partial charge on any atom is -0.354 e. The molecule has 2 aromatic heterocycles. The second kappa shape index (κ2) is 5.35. The molecule has 2 aliphatic rings. The summed E-state index contributed by atoms with van der Waals surface area (Å²) < 4.78 is 2.11. The Morgan fingerprint density at radius 1 is 1.23 bits per heavy atom. The van der Waals surface area contributed by atoms with Crippen LogP contribution >= 0.6 is 0 Å². The summed E-state index contributed by atoms with van der Waals surface area (Å²) >= 11 is 0. The van der Waals surface area contributed by atoms with Crippen LogP contribution in [0.15, 0.2) is 18.7 Å². The number of likely N-dealkylation sites (N-methyl/N-ethyl adjacent to an activating group) is 1. The first-order valence-electron chi connectivity index (χ1n) is 7.97. The van der Waals surface area contributed by atoms with E-state index in [1.807, 2.05) is 6.20 Å². The number of rotatable bonds is 2. The summed E-state index contributed by atoms with van der Waals surface area (Å²) in [6, 6.07) is 0.445. The predicted octanol–water partition coefficient (Wildman–Crippen LogP) is 1.42. The van der Waals surface area contributed by atoms with Gasteiger partial charge in [0.25, 0.3) is 0 Å². The van der Waals surface area contributed by atoms with E-state index in [9.17, 15) is 0 Å². The van der Waals surface area contributed by atoms with Crippen LogP contribution in [0.3, 0.4) is 0 Å². The third-order valence-corrected chi connectivity index (χ3v) is 4.74. The van der Waals surface area contributed by atoms with Gasteiger partial charge < -0.3 is 9.80 Å². The Balaban J connectivity index is 1.59. The average molecular weight is 298 g/mol. The number of anilines is 1. The highest BCUT2D eigenvalue weighted by Gasteiger charge is 2.29. The van der Waals surface area contributed by atoms with Crippen LogP contribution in [0.4, 0.5) is 5.82 Å². The molecule has 6 nitrogen and oxygen atoms in total. The van der Waals surface area contributed by atoms with E-state index in [0.29, 0.717) is 6.04 Å². The molecule has 0 aliphatic carbocycles. The zero-order valence-electron chi connectivity index (χ0n) is 13.2. The van der Waals surface area contributed by atoms with Crippen molar-refractivity contribution in [3.05, 3.63) is 35.5 Å². The first-order chi connectivity index (χ1) is 10.7. The van der Waals surface area contributed by atoms with Gasteiger partial charge in [-0.25, -0.2) is 9.97 Å². The molecule has 1 fully saturated rings. The van der Waals surface area contributed by atoms with Gasteiger partial charge in [0, 0.05) is 44.4 Å². The predicted molar refractivity (Wildman–Crippen MR) is 84.9 cm³/mol. The zero-order chi connectivity index (χ0) is 15.1.